The van der Waals surface area contributed by atoms with Gasteiger partial charge in [-0.2, -0.15) is 0 Å². The second kappa shape index (κ2) is 10.5. The van der Waals surface area contributed by atoms with Crippen LogP contribution in [0.4, 0.5) is 0 Å². The SMILES string of the molecule is C1=Cc2c(c3c4ccccc4c4c5ccccc5n(-c5ccccc5)c4c3n2-c2ncc3cc(-c4ccc5ccccc5c4)ccc3n2)CC1. The molecule has 11 rings (SSSR count). The lowest BCUT2D eigenvalue weighted by molar-refractivity contribution is 0.927. The van der Waals surface area contributed by atoms with E-state index in [9.17, 15) is 0 Å². The Morgan fingerprint density at radius 1 is 0.540 bits per heavy atom. The lowest BCUT2D eigenvalue weighted by atomic mass is 9.94. The first-order chi connectivity index (χ1) is 24.8. The number of benzene rings is 7. The summed E-state index contributed by atoms with van der Waals surface area (Å²) in [6.07, 6.45) is 8.55. The van der Waals surface area contributed by atoms with Crippen LogP contribution in [0, 0.1) is 0 Å². The number of fused-ring (bicyclic) bond motifs is 12. The summed E-state index contributed by atoms with van der Waals surface area (Å²) < 4.78 is 4.78. The molecule has 0 bridgehead atoms. The highest BCUT2D eigenvalue weighted by molar-refractivity contribution is 6.32. The molecule has 0 atom stereocenters. The Balaban J connectivity index is 1.23. The molecule has 0 radical (unpaired) electrons. The molecule has 4 heteroatoms. The predicted molar refractivity (Wildman–Crippen MR) is 209 cm³/mol. The van der Waals surface area contributed by atoms with Crippen LogP contribution in [0.15, 0.2) is 152 Å². The molecule has 0 spiro atoms. The van der Waals surface area contributed by atoms with E-state index < -0.39 is 0 Å². The summed E-state index contributed by atoms with van der Waals surface area (Å²) in [5.74, 6) is 0.690. The van der Waals surface area contributed by atoms with E-state index in [0.717, 1.165) is 40.5 Å². The van der Waals surface area contributed by atoms with Gasteiger partial charge in [-0.1, -0.05) is 109 Å². The number of allylic oxidation sites excluding steroid dienone is 1. The van der Waals surface area contributed by atoms with Crippen molar-refractivity contribution >= 4 is 71.2 Å². The van der Waals surface area contributed by atoms with E-state index in [1.165, 1.54) is 65.6 Å². The fraction of sp³-hybridized carbons (Fsp3) is 0.0435. The third-order valence-corrected chi connectivity index (χ3v) is 10.6. The Kier molecular flexibility index (Phi) is 5.75. The third kappa shape index (κ3) is 3.87. The van der Waals surface area contributed by atoms with E-state index in [-0.39, 0.29) is 0 Å². The van der Waals surface area contributed by atoms with Crippen molar-refractivity contribution in [1.29, 1.82) is 0 Å². The second-order valence-corrected chi connectivity index (χ2v) is 13.3. The molecule has 1 aliphatic rings. The zero-order valence-corrected chi connectivity index (χ0v) is 27.2. The van der Waals surface area contributed by atoms with E-state index >= 15 is 0 Å². The van der Waals surface area contributed by atoms with Crippen molar-refractivity contribution in [2.45, 2.75) is 12.8 Å². The Hall–Kier alpha value is -6.52. The van der Waals surface area contributed by atoms with Crippen LogP contribution in [-0.2, 0) is 6.42 Å². The number of hydrogen-bond acceptors (Lipinski definition) is 2. The van der Waals surface area contributed by atoms with Gasteiger partial charge in [0.15, 0.2) is 0 Å². The highest BCUT2D eigenvalue weighted by Gasteiger charge is 2.28. The summed E-state index contributed by atoms with van der Waals surface area (Å²) in [5.41, 5.74) is 10.5. The van der Waals surface area contributed by atoms with Gasteiger partial charge in [-0.25, -0.2) is 9.97 Å². The van der Waals surface area contributed by atoms with Gasteiger partial charge in [0.2, 0.25) is 5.95 Å². The molecule has 1 aliphatic carbocycles. The Morgan fingerprint density at radius 3 is 2.08 bits per heavy atom. The molecular formula is C46H30N4. The molecule has 3 aromatic heterocycles. The van der Waals surface area contributed by atoms with E-state index in [0.29, 0.717) is 5.95 Å². The van der Waals surface area contributed by atoms with Gasteiger partial charge in [0, 0.05) is 33.4 Å². The van der Waals surface area contributed by atoms with Crippen molar-refractivity contribution in [3.05, 3.63) is 163 Å². The summed E-state index contributed by atoms with van der Waals surface area (Å²) in [4.78, 5) is 10.5. The van der Waals surface area contributed by atoms with Gasteiger partial charge in [-0.05, 0) is 93.6 Å². The van der Waals surface area contributed by atoms with Crippen LogP contribution in [-0.4, -0.2) is 19.1 Å². The van der Waals surface area contributed by atoms with E-state index in [2.05, 4.69) is 161 Å². The molecule has 50 heavy (non-hydrogen) atoms. The fourth-order valence-corrected chi connectivity index (χ4v) is 8.39. The van der Waals surface area contributed by atoms with Gasteiger partial charge in [0.05, 0.1) is 27.8 Å². The largest absolute Gasteiger partial charge is 0.307 e. The first-order valence-corrected chi connectivity index (χ1v) is 17.3. The first kappa shape index (κ1) is 27.4. The lowest BCUT2D eigenvalue weighted by Gasteiger charge is -2.14. The van der Waals surface area contributed by atoms with Crippen LogP contribution < -0.4 is 0 Å². The van der Waals surface area contributed by atoms with Crippen LogP contribution in [0.3, 0.4) is 0 Å². The molecule has 0 amide bonds. The molecule has 4 nitrogen and oxygen atoms in total. The van der Waals surface area contributed by atoms with Crippen molar-refractivity contribution < 1.29 is 0 Å². The quantitative estimate of drug-likeness (QED) is 0.193. The highest BCUT2D eigenvalue weighted by atomic mass is 15.2. The van der Waals surface area contributed by atoms with E-state index in [1.807, 2.05) is 6.20 Å². The normalized spacial score (nSPS) is 13.0. The second-order valence-electron chi connectivity index (χ2n) is 13.3. The fourth-order valence-electron chi connectivity index (χ4n) is 8.39. The molecule has 234 valence electrons. The molecule has 0 saturated carbocycles. The smallest absolute Gasteiger partial charge is 0.235 e. The minimum absolute atomic E-state index is 0.690. The van der Waals surface area contributed by atoms with Gasteiger partial charge < -0.3 is 4.57 Å². The van der Waals surface area contributed by atoms with Gasteiger partial charge in [-0.15, -0.1) is 0 Å². The minimum atomic E-state index is 0.690. The van der Waals surface area contributed by atoms with Gasteiger partial charge in [0.25, 0.3) is 0 Å². The molecule has 0 saturated heterocycles. The van der Waals surface area contributed by atoms with Crippen LogP contribution in [0.2, 0.25) is 0 Å². The maximum atomic E-state index is 5.31. The van der Waals surface area contributed by atoms with Crippen molar-refractivity contribution in [3.63, 3.8) is 0 Å². The zero-order chi connectivity index (χ0) is 32.8. The van der Waals surface area contributed by atoms with Crippen molar-refractivity contribution in [2.75, 3.05) is 0 Å². The molecule has 7 aromatic carbocycles. The number of aromatic nitrogens is 4. The zero-order valence-electron chi connectivity index (χ0n) is 27.2. The predicted octanol–water partition coefficient (Wildman–Crippen LogP) is 11.6. The summed E-state index contributed by atoms with van der Waals surface area (Å²) in [6.45, 7) is 0. The number of para-hydroxylation sites is 2. The monoisotopic (exact) mass is 638 g/mol. The van der Waals surface area contributed by atoms with Crippen molar-refractivity contribution in [3.8, 4) is 22.8 Å². The van der Waals surface area contributed by atoms with Gasteiger partial charge >= 0.3 is 0 Å². The molecular weight excluding hydrogens is 609 g/mol. The first-order valence-electron chi connectivity index (χ1n) is 17.3. The Bertz CT molecular complexity index is 3030. The number of aryl methyl sites for hydroxylation is 1. The van der Waals surface area contributed by atoms with Crippen LogP contribution in [0.25, 0.3) is 94.0 Å². The average molecular weight is 639 g/mol. The summed E-state index contributed by atoms with van der Waals surface area (Å²) >= 11 is 0. The average Bonchev–Trinajstić information content (AvgIpc) is 3.72. The molecule has 10 aromatic rings. The minimum Gasteiger partial charge on any atom is -0.307 e. The van der Waals surface area contributed by atoms with E-state index in [4.69, 9.17) is 9.97 Å². The van der Waals surface area contributed by atoms with Gasteiger partial charge in [-0.3, -0.25) is 4.57 Å². The summed E-state index contributed by atoms with van der Waals surface area (Å²) in [5, 5.41) is 9.85. The molecule has 0 unspecified atom stereocenters. The molecule has 0 N–H and O–H groups in total. The van der Waals surface area contributed by atoms with Crippen molar-refractivity contribution in [2.24, 2.45) is 0 Å². The molecule has 3 heterocycles. The summed E-state index contributed by atoms with van der Waals surface area (Å²) in [7, 11) is 0. The maximum absolute atomic E-state index is 5.31. The number of rotatable bonds is 3. The molecule has 0 aliphatic heterocycles. The standard InChI is InChI=1S/C46H30N4/c1-2-14-34(15-3-1)49-40-20-10-8-18-37(40)42-35-16-6-7-17-36(35)43-38-19-9-11-21-41(38)50(45(43)44(42)49)46-47-28-33-27-32(24-25-39(33)48-46)31-23-22-29-12-4-5-13-30(29)26-31/h1-8,10-18,20-28H,9,19H2. The summed E-state index contributed by atoms with van der Waals surface area (Å²) in [6, 6.07) is 50.2. The van der Waals surface area contributed by atoms with Crippen molar-refractivity contribution in [1.82, 2.24) is 19.1 Å². The Labute approximate surface area is 288 Å². The molecule has 0 fully saturated rings. The van der Waals surface area contributed by atoms with Crippen LogP contribution in [0.5, 0.6) is 0 Å². The van der Waals surface area contributed by atoms with Crippen LogP contribution >= 0.6 is 0 Å². The third-order valence-electron chi connectivity index (χ3n) is 10.6. The van der Waals surface area contributed by atoms with Gasteiger partial charge in [0.1, 0.15) is 0 Å². The topological polar surface area (TPSA) is 35.6 Å². The number of hydrogen-bond donors (Lipinski definition) is 0. The van der Waals surface area contributed by atoms with E-state index in [1.54, 1.807) is 0 Å². The lowest BCUT2D eigenvalue weighted by Crippen LogP contribution is -2.06. The van der Waals surface area contributed by atoms with Crippen LogP contribution in [0.1, 0.15) is 17.7 Å². The number of nitrogens with zero attached hydrogens (tertiary/aromatic N) is 4. The highest BCUT2D eigenvalue weighted by Crippen LogP contribution is 2.46. The Morgan fingerprint density at radius 2 is 1.22 bits per heavy atom. The maximum Gasteiger partial charge on any atom is 0.235 e.